The Morgan fingerprint density at radius 2 is 0.483 bits per heavy atom. The first-order valence-electron chi connectivity index (χ1n) is 37.0. The van der Waals surface area contributed by atoms with E-state index in [1.54, 1.807) is 11.1 Å². The van der Waals surface area contributed by atoms with Crippen LogP contribution in [0.25, 0.3) is 33.4 Å². The summed E-state index contributed by atoms with van der Waals surface area (Å²) < 4.78 is 2.40. The number of rotatable bonds is 42. The minimum Gasteiger partial charge on any atom is -0.256 e. The fourth-order valence-electron chi connectivity index (χ4n) is 16.6. The van der Waals surface area contributed by atoms with Crippen LogP contribution in [0.2, 0.25) is 0 Å². The third-order valence-corrected chi connectivity index (χ3v) is 22.5. The van der Waals surface area contributed by atoms with Gasteiger partial charge in [0.25, 0.3) is 0 Å². The van der Waals surface area contributed by atoms with E-state index in [0.717, 1.165) is 24.2 Å². The quantitative estimate of drug-likeness (QED) is 0.0270. The molecule has 0 heterocycles. The molecule has 2 nitrogen and oxygen atoms in total. The van der Waals surface area contributed by atoms with Crippen LogP contribution in [0.5, 0.6) is 0 Å². The maximum Gasteiger partial charge on any atom is 0.0633 e. The molecule has 0 radical (unpaired) electrons. The predicted molar refractivity (Wildman–Crippen MR) is 397 cm³/mol. The van der Waals surface area contributed by atoms with Gasteiger partial charge in [-0.2, -0.15) is 0 Å². The highest BCUT2D eigenvalue weighted by Crippen LogP contribution is 2.59. The van der Waals surface area contributed by atoms with Crippen molar-refractivity contribution < 1.29 is 0 Å². The average molecular weight is 1320 g/mol. The summed E-state index contributed by atoms with van der Waals surface area (Å²) in [5.41, 5.74) is 22.2. The van der Waals surface area contributed by atoms with E-state index < -0.39 is 0 Å². The van der Waals surface area contributed by atoms with Gasteiger partial charge in [-0.25, -0.2) is 0 Å². The predicted octanol–water partition coefficient (Wildman–Crippen LogP) is 28.5. The lowest BCUT2D eigenvalue weighted by Gasteiger charge is -2.33. The van der Waals surface area contributed by atoms with Crippen LogP contribution in [0, 0.1) is 0 Å². The molecule has 3 aliphatic carbocycles. The first kappa shape index (κ1) is 69.0. The van der Waals surface area contributed by atoms with Crippen molar-refractivity contribution in [1.82, 2.24) is 0 Å². The molecular weight excluding hydrogens is 1210 g/mol. The largest absolute Gasteiger partial charge is 0.256 e. The van der Waals surface area contributed by atoms with Crippen LogP contribution in [-0.2, 0) is 16.2 Å². The third-order valence-electron chi connectivity index (χ3n) is 21.5. The second-order valence-electron chi connectivity index (χ2n) is 27.9. The zero-order valence-electron chi connectivity index (χ0n) is 56.6. The van der Waals surface area contributed by atoms with Gasteiger partial charge < -0.3 is 0 Å². The lowest BCUT2D eigenvalue weighted by atomic mass is 9.70. The van der Waals surface area contributed by atoms with Gasteiger partial charge in [-0.3, -0.25) is 9.98 Å². The molecule has 0 spiro atoms. The Morgan fingerprint density at radius 3 is 0.775 bits per heavy atom. The number of aliphatic imine (C=N–C) groups is 2. The van der Waals surface area contributed by atoms with E-state index in [4.69, 9.17) is 9.98 Å². The molecule has 3 aliphatic rings. The third kappa shape index (κ3) is 16.9. The van der Waals surface area contributed by atoms with Crippen LogP contribution in [0.3, 0.4) is 0 Å². The fraction of sp³-hybridized carbons (Fsp3) is 0.553. The van der Waals surface area contributed by atoms with Crippen LogP contribution < -0.4 is 0 Å². The molecule has 0 amide bonds. The van der Waals surface area contributed by atoms with E-state index in [1.807, 2.05) is 0 Å². The molecule has 478 valence electrons. The van der Waals surface area contributed by atoms with E-state index in [-0.39, 0.29) is 16.2 Å². The SMILES string of the molecule is CCCCCCCCC1(CCCCCCCC)c2cc(Br)ccc2-c2ccc(C=Nc3ccc4c(c3)C(CCCCCC)(CCCCCC)c3cc(N=Cc5ccc6c(c5)C(CCCCCCCC)(CCCCCCCC)c5cc(Br)ccc5-6)ccc3-4)cc21. The standard InChI is InChI=1S/C85H114Br2N2/c1-7-13-19-25-29-35-53-83(54-36-30-26-20-14-8-2)77-57-65(39-45-71(77)73-47-41-67(86)59-79(73)83)63-88-69-43-49-75-76-50-44-70(62-82(76)85(81(75)61-69,51-33-23-17-11-5)52-34-24-18-12-6)89-64-66-40-46-72-74-48-42-68(87)60-80(74)84(78(72)58-66,55-37-31-27-21-15-9-3)56-38-32-28-22-16-10-4/h39-50,57-64H,7-38,51-56H2,1-6H3. The smallest absolute Gasteiger partial charge is 0.0633 e. The van der Waals surface area contributed by atoms with Gasteiger partial charge in [-0.05, 0) is 177 Å². The zero-order valence-corrected chi connectivity index (χ0v) is 59.7. The van der Waals surface area contributed by atoms with Gasteiger partial charge in [0.15, 0.2) is 0 Å². The first-order valence-corrected chi connectivity index (χ1v) is 38.5. The molecule has 89 heavy (non-hydrogen) atoms. The highest BCUT2D eigenvalue weighted by molar-refractivity contribution is 9.10. The maximum absolute atomic E-state index is 5.48. The molecule has 4 heteroatoms. The van der Waals surface area contributed by atoms with Crippen molar-refractivity contribution in [3.63, 3.8) is 0 Å². The Kier molecular flexibility index (Phi) is 27.2. The van der Waals surface area contributed by atoms with E-state index >= 15 is 0 Å². The normalized spacial score (nSPS) is 14.6. The zero-order chi connectivity index (χ0) is 62.3. The number of benzene rings is 6. The average Bonchev–Trinajstić information content (AvgIpc) is 1.60. The Morgan fingerprint density at radius 1 is 0.258 bits per heavy atom. The molecule has 0 saturated heterocycles. The molecular formula is C85H114Br2N2. The minimum atomic E-state index is -0.0934. The summed E-state index contributed by atoms with van der Waals surface area (Å²) in [4.78, 5) is 11.0. The number of nitrogens with zero attached hydrogens (tertiary/aromatic N) is 2. The molecule has 9 rings (SSSR count). The number of hydrogen-bond acceptors (Lipinski definition) is 2. The second kappa shape index (κ2) is 35.0. The van der Waals surface area contributed by atoms with Crippen molar-refractivity contribution in [3.8, 4) is 33.4 Å². The van der Waals surface area contributed by atoms with Crippen molar-refractivity contribution in [1.29, 1.82) is 0 Å². The Hall–Kier alpha value is -4.38. The maximum atomic E-state index is 5.48. The monoisotopic (exact) mass is 1320 g/mol. The summed E-state index contributed by atoms with van der Waals surface area (Å²) in [5.74, 6) is 0. The molecule has 0 unspecified atom stereocenters. The van der Waals surface area contributed by atoms with Crippen LogP contribution >= 0.6 is 31.9 Å². The van der Waals surface area contributed by atoms with E-state index in [1.165, 1.54) is 307 Å². The highest BCUT2D eigenvalue weighted by atomic mass is 79.9. The molecule has 6 aromatic rings. The molecule has 0 atom stereocenters. The molecule has 6 aromatic carbocycles. The summed E-state index contributed by atoms with van der Waals surface area (Å²) in [7, 11) is 0. The molecule has 0 N–H and O–H groups in total. The van der Waals surface area contributed by atoms with E-state index in [9.17, 15) is 0 Å². The topological polar surface area (TPSA) is 24.7 Å². The molecule has 0 bridgehead atoms. The van der Waals surface area contributed by atoms with Gasteiger partial charge in [0, 0.05) is 37.6 Å². The summed E-state index contributed by atoms with van der Waals surface area (Å²) in [6, 6.07) is 43.5. The van der Waals surface area contributed by atoms with Crippen LogP contribution in [-0.4, -0.2) is 12.4 Å². The highest BCUT2D eigenvalue weighted by Gasteiger charge is 2.45. The van der Waals surface area contributed by atoms with Crippen molar-refractivity contribution in [2.24, 2.45) is 9.98 Å². The Bertz CT molecular complexity index is 2980. The van der Waals surface area contributed by atoms with Crippen molar-refractivity contribution in [2.45, 2.75) is 302 Å². The van der Waals surface area contributed by atoms with E-state index in [2.05, 4.69) is 195 Å². The van der Waals surface area contributed by atoms with Crippen LogP contribution in [0.1, 0.15) is 330 Å². The lowest BCUT2D eigenvalue weighted by molar-refractivity contribution is 0.397. The summed E-state index contributed by atoms with van der Waals surface area (Å²) in [6.45, 7) is 14.0. The van der Waals surface area contributed by atoms with Gasteiger partial charge in [0.2, 0.25) is 0 Å². The molecule has 0 fully saturated rings. The molecule has 0 aliphatic heterocycles. The van der Waals surface area contributed by atoms with Crippen LogP contribution in [0.4, 0.5) is 11.4 Å². The van der Waals surface area contributed by atoms with Gasteiger partial charge in [0.05, 0.1) is 11.4 Å². The van der Waals surface area contributed by atoms with Crippen LogP contribution in [0.15, 0.2) is 128 Å². The number of unbranched alkanes of at least 4 members (excludes halogenated alkanes) is 26. The minimum absolute atomic E-state index is 0.0164. The summed E-state index contributed by atoms with van der Waals surface area (Å²) >= 11 is 7.92. The van der Waals surface area contributed by atoms with Gasteiger partial charge in [-0.1, -0.05) is 327 Å². The van der Waals surface area contributed by atoms with Gasteiger partial charge in [0.1, 0.15) is 0 Å². The fourth-order valence-corrected chi connectivity index (χ4v) is 17.3. The Labute approximate surface area is 559 Å². The van der Waals surface area contributed by atoms with Crippen molar-refractivity contribution in [3.05, 3.63) is 163 Å². The summed E-state index contributed by atoms with van der Waals surface area (Å²) in [5, 5.41) is 0. The Balaban J connectivity index is 1.04. The first-order chi connectivity index (χ1) is 43.7. The van der Waals surface area contributed by atoms with Crippen molar-refractivity contribution >= 4 is 55.7 Å². The number of fused-ring (bicyclic) bond motifs is 9. The van der Waals surface area contributed by atoms with Gasteiger partial charge in [-0.15, -0.1) is 0 Å². The number of halogens is 2. The van der Waals surface area contributed by atoms with Crippen molar-refractivity contribution in [2.75, 3.05) is 0 Å². The molecule has 0 saturated carbocycles. The number of hydrogen-bond donors (Lipinski definition) is 0. The van der Waals surface area contributed by atoms with Gasteiger partial charge >= 0.3 is 0 Å². The second-order valence-corrected chi connectivity index (χ2v) is 29.7. The lowest BCUT2D eigenvalue weighted by Crippen LogP contribution is -2.26. The molecule has 0 aromatic heterocycles. The summed E-state index contributed by atoms with van der Waals surface area (Å²) in [6.07, 6.45) is 53.3. The van der Waals surface area contributed by atoms with E-state index in [0.29, 0.717) is 0 Å².